The van der Waals surface area contributed by atoms with Crippen molar-refractivity contribution in [3.05, 3.63) is 34.3 Å². The highest BCUT2D eigenvalue weighted by atomic mass is 79.9. The van der Waals surface area contributed by atoms with E-state index in [0.29, 0.717) is 16.3 Å². The fourth-order valence-corrected chi connectivity index (χ4v) is 3.30. The molecule has 2 rings (SSSR count). The summed E-state index contributed by atoms with van der Waals surface area (Å²) in [6.45, 7) is 0.792. The minimum Gasteiger partial charge on any atom is -0.352 e. The molecule has 0 unspecified atom stereocenters. The third-order valence-corrected chi connectivity index (χ3v) is 5.05. The summed E-state index contributed by atoms with van der Waals surface area (Å²) in [5.41, 5.74) is 0.715. The van der Waals surface area contributed by atoms with Crippen LogP contribution in [0.2, 0.25) is 0 Å². The number of hydrogen-bond acceptors (Lipinski definition) is 1. The van der Waals surface area contributed by atoms with E-state index < -0.39 is 0 Å². The molecular formula is C14H17Br2NO. The molecule has 1 aliphatic rings. The molecule has 1 N–H and O–H groups in total. The Morgan fingerprint density at radius 2 is 1.89 bits per heavy atom. The van der Waals surface area contributed by atoms with Gasteiger partial charge in [0.2, 0.25) is 0 Å². The first-order chi connectivity index (χ1) is 8.66. The zero-order valence-corrected chi connectivity index (χ0v) is 13.3. The SMILES string of the molecule is O=C(NCC1CCC(Br)CC1)c1ccccc1Br. The summed E-state index contributed by atoms with van der Waals surface area (Å²) in [5, 5.41) is 3.04. The largest absolute Gasteiger partial charge is 0.352 e. The summed E-state index contributed by atoms with van der Waals surface area (Å²) in [5.74, 6) is 0.647. The second kappa shape index (κ2) is 6.71. The number of carbonyl (C=O) groups excluding carboxylic acids is 1. The van der Waals surface area contributed by atoms with Crippen molar-refractivity contribution < 1.29 is 4.79 Å². The Hall–Kier alpha value is -0.350. The normalized spacial score (nSPS) is 23.7. The quantitative estimate of drug-likeness (QED) is 0.791. The van der Waals surface area contributed by atoms with Crippen molar-refractivity contribution in [3.63, 3.8) is 0 Å². The van der Waals surface area contributed by atoms with E-state index in [9.17, 15) is 4.79 Å². The van der Waals surface area contributed by atoms with Gasteiger partial charge in [0, 0.05) is 15.8 Å². The number of amides is 1. The maximum Gasteiger partial charge on any atom is 0.252 e. The third-order valence-electron chi connectivity index (χ3n) is 3.45. The van der Waals surface area contributed by atoms with Crippen molar-refractivity contribution in [1.82, 2.24) is 5.32 Å². The number of carbonyl (C=O) groups is 1. The highest BCUT2D eigenvalue weighted by molar-refractivity contribution is 9.10. The lowest BCUT2D eigenvalue weighted by Crippen LogP contribution is -2.31. The average Bonchev–Trinajstić information content (AvgIpc) is 2.38. The zero-order chi connectivity index (χ0) is 13.0. The molecule has 0 aromatic heterocycles. The first-order valence-electron chi connectivity index (χ1n) is 6.33. The van der Waals surface area contributed by atoms with Crippen LogP contribution in [0.5, 0.6) is 0 Å². The number of rotatable bonds is 3. The van der Waals surface area contributed by atoms with Crippen molar-refractivity contribution in [1.29, 1.82) is 0 Å². The second-order valence-corrected chi connectivity index (χ2v) is 6.96. The summed E-state index contributed by atoms with van der Waals surface area (Å²) in [6, 6.07) is 7.54. The van der Waals surface area contributed by atoms with Crippen molar-refractivity contribution in [2.24, 2.45) is 5.92 Å². The Balaban J connectivity index is 1.84. The Morgan fingerprint density at radius 3 is 2.56 bits per heavy atom. The zero-order valence-electron chi connectivity index (χ0n) is 10.2. The summed E-state index contributed by atoms with van der Waals surface area (Å²) in [7, 11) is 0. The van der Waals surface area contributed by atoms with Gasteiger partial charge < -0.3 is 5.32 Å². The molecule has 18 heavy (non-hydrogen) atoms. The molecule has 1 aromatic rings. The molecular weight excluding hydrogens is 358 g/mol. The number of nitrogens with one attached hydrogen (secondary N) is 1. The van der Waals surface area contributed by atoms with Crippen LogP contribution in [-0.2, 0) is 0 Å². The lowest BCUT2D eigenvalue weighted by molar-refractivity contribution is 0.0943. The van der Waals surface area contributed by atoms with Crippen LogP contribution in [0.15, 0.2) is 28.7 Å². The minimum absolute atomic E-state index is 0.0171. The molecule has 1 amide bonds. The third kappa shape index (κ3) is 3.82. The lowest BCUT2D eigenvalue weighted by Gasteiger charge is -2.25. The summed E-state index contributed by atoms with van der Waals surface area (Å²) >= 11 is 7.05. The van der Waals surface area contributed by atoms with Gasteiger partial charge in [0.05, 0.1) is 5.56 Å². The van der Waals surface area contributed by atoms with Crippen molar-refractivity contribution in [3.8, 4) is 0 Å². The van der Waals surface area contributed by atoms with Gasteiger partial charge >= 0.3 is 0 Å². The standard InChI is InChI=1S/C14H17Br2NO/c15-11-7-5-10(6-8-11)9-17-14(18)12-3-1-2-4-13(12)16/h1-4,10-11H,5-9H2,(H,17,18). The number of alkyl halides is 1. The van der Waals surface area contributed by atoms with Crippen LogP contribution in [0.1, 0.15) is 36.0 Å². The smallest absolute Gasteiger partial charge is 0.252 e. The van der Waals surface area contributed by atoms with Crippen LogP contribution in [0.4, 0.5) is 0 Å². The van der Waals surface area contributed by atoms with Gasteiger partial charge in [0.1, 0.15) is 0 Å². The minimum atomic E-state index is 0.0171. The predicted octanol–water partition coefficient (Wildman–Crippen LogP) is 4.13. The first kappa shape index (κ1) is 14.1. The van der Waals surface area contributed by atoms with Gasteiger partial charge in [-0.25, -0.2) is 0 Å². The molecule has 1 aliphatic carbocycles. The van der Waals surface area contributed by atoms with E-state index in [0.717, 1.165) is 11.0 Å². The predicted molar refractivity (Wildman–Crippen MR) is 81.1 cm³/mol. The van der Waals surface area contributed by atoms with E-state index in [-0.39, 0.29) is 5.91 Å². The fraction of sp³-hybridized carbons (Fsp3) is 0.500. The highest BCUT2D eigenvalue weighted by Gasteiger charge is 2.20. The summed E-state index contributed by atoms with van der Waals surface area (Å²) in [4.78, 5) is 12.7. The van der Waals surface area contributed by atoms with Crippen LogP contribution in [-0.4, -0.2) is 17.3 Å². The molecule has 0 radical (unpaired) electrons. The molecule has 0 bridgehead atoms. The molecule has 2 nitrogen and oxygen atoms in total. The van der Waals surface area contributed by atoms with E-state index in [1.165, 1.54) is 25.7 Å². The van der Waals surface area contributed by atoms with Crippen LogP contribution in [0.25, 0.3) is 0 Å². The van der Waals surface area contributed by atoms with Crippen LogP contribution < -0.4 is 5.32 Å². The van der Waals surface area contributed by atoms with Gasteiger partial charge in [0.15, 0.2) is 0 Å². The van der Waals surface area contributed by atoms with Crippen LogP contribution >= 0.6 is 31.9 Å². The Kier molecular flexibility index (Phi) is 5.25. The fourth-order valence-electron chi connectivity index (χ4n) is 2.30. The van der Waals surface area contributed by atoms with Crippen molar-refractivity contribution in [2.75, 3.05) is 6.54 Å². The topological polar surface area (TPSA) is 29.1 Å². The highest BCUT2D eigenvalue weighted by Crippen LogP contribution is 2.28. The van der Waals surface area contributed by atoms with Crippen molar-refractivity contribution >= 4 is 37.8 Å². The van der Waals surface area contributed by atoms with Gasteiger partial charge in [0.25, 0.3) is 5.91 Å². The number of hydrogen-bond donors (Lipinski definition) is 1. The van der Waals surface area contributed by atoms with Crippen LogP contribution in [0.3, 0.4) is 0 Å². The lowest BCUT2D eigenvalue weighted by atomic mass is 9.89. The Bertz CT molecular complexity index is 414. The van der Waals surface area contributed by atoms with Gasteiger partial charge in [-0.05, 0) is 59.7 Å². The first-order valence-corrected chi connectivity index (χ1v) is 8.04. The molecule has 0 spiro atoms. The molecule has 0 aliphatic heterocycles. The van der Waals surface area contributed by atoms with Gasteiger partial charge in [-0.15, -0.1) is 0 Å². The van der Waals surface area contributed by atoms with Crippen molar-refractivity contribution in [2.45, 2.75) is 30.5 Å². The summed E-state index contributed by atoms with van der Waals surface area (Å²) in [6.07, 6.45) is 4.84. The molecule has 1 fully saturated rings. The van der Waals surface area contributed by atoms with Gasteiger partial charge in [-0.1, -0.05) is 28.1 Å². The Labute approximate surface area is 125 Å². The summed E-state index contributed by atoms with van der Waals surface area (Å²) < 4.78 is 0.853. The molecule has 0 heterocycles. The molecule has 98 valence electrons. The van der Waals surface area contributed by atoms with E-state index in [4.69, 9.17) is 0 Å². The monoisotopic (exact) mass is 373 g/mol. The second-order valence-electron chi connectivity index (χ2n) is 4.81. The van der Waals surface area contributed by atoms with E-state index in [1.807, 2.05) is 24.3 Å². The van der Waals surface area contributed by atoms with E-state index >= 15 is 0 Å². The molecule has 0 atom stereocenters. The average molecular weight is 375 g/mol. The number of benzene rings is 1. The number of halogens is 2. The van der Waals surface area contributed by atoms with Gasteiger partial charge in [-0.3, -0.25) is 4.79 Å². The molecule has 0 saturated heterocycles. The van der Waals surface area contributed by atoms with E-state index in [1.54, 1.807) is 0 Å². The Morgan fingerprint density at radius 1 is 1.22 bits per heavy atom. The molecule has 1 aromatic carbocycles. The molecule has 4 heteroatoms. The maximum atomic E-state index is 12.0. The molecule has 1 saturated carbocycles. The van der Waals surface area contributed by atoms with E-state index in [2.05, 4.69) is 37.2 Å². The van der Waals surface area contributed by atoms with Gasteiger partial charge in [-0.2, -0.15) is 0 Å². The maximum absolute atomic E-state index is 12.0. The van der Waals surface area contributed by atoms with Crippen LogP contribution in [0, 0.1) is 5.92 Å².